The number of nitrogens with one attached hydrogen (secondary N) is 2. The number of halogens is 1. The molecule has 2 aromatic heterocycles. The molecular weight excluding hydrogens is 324 g/mol. The van der Waals surface area contributed by atoms with Gasteiger partial charge in [0, 0.05) is 10.0 Å². The van der Waals surface area contributed by atoms with Crippen LogP contribution in [0.2, 0.25) is 0 Å². The molecule has 20 heavy (non-hydrogen) atoms. The third kappa shape index (κ3) is 2.45. The van der Waals surface area contributed by atoms with Crippen molar-refractivity contribution in [2.45, 2.75) is 0 Å². The van der Waals surface area contributed by atoms with Crippen LogP contribution in [0.3, 0.4) is 0 Å². The van der Waals surface area contributed by atoms with Gasteiger partial charge in [-0.05, 0) is 18.2 Å². The number of aromatic nitrogens is 4. The second-order valence-corrected chi connectivity index (χ2v) is 4.81. The summed E-state index contributed by atoms with van der Waals surface area (Å²) in [5, 5.41) is 13.7. The lowest BCUT2D eigenvalue weighted by molar-refractivity contribution is 0.474. The Labute approximate surface area is 121 Å². The number of hydrogen-bond donors (Lipinski definition) is 3. The second-order valence-electron chi connectivity index (χ2n) is 3.90. The first-order valence-corrected chi connectivity index (χ1v) is 6.45. The van der Waals surface area contributed by atoms with Crippen LogP contribution in [0.15, 0.2) is 40.4 Å². The largest absolute Gasteiger partial charge is 0.507 e. The predicted octanol–water partition coefficient (Wildman–Crippen LogP) is 2.27. The highest BCUT2D eigenvalue weighted by molar-refractivity contribution is 9.10. The van der Waals surface area contributed by atoms with Crippen molar-refractivity contribution in [3.8, 4) is 5.75 Å². The molecule has 1 aromatic carbocycles. The Morgan fingerprint density at radius 2 is 2.20 bits per heavy atom. The van der Waals surface area contributed by atoms with Gasteiger partial charge in [0.05, 0.1) is 12.5 Å². The van der Waals surface area contributed by atoms with Gasteiger partial charge in [0.1, 0.15) is 17.6 Å². The summed E-state index contributed by atoms with van der Waals surface area (Å²) in [6.45, 7) is 0. The number of aromatic hydroxyl groups is 1. The summed E-state index contributed by atoms with van der Waals surface area (Å²) in [6, 6.07) is 5.09. The molecule has 100 valence electrons. The molecule has 0 saturated carbocycles. The maximum atomic E-state index is 9.69. The molecular formula is C12H9BrN6O. The lowest BCUT2D eigenvalue weighted by Gasteiger charge is -2.01. The van der Waals surface area contributed by atoms with E-state index in [9.17, 15) is 5.11 Å². The minimum atomic E-state index is 0.146. The molecule has 2 heterocycles. The summed E-state index contributed by atoms with van der Waals surface area (Å²) in [5.41, 5.74) is 4.60. The third-order valence-corrected chi connectivity index (χ3v) is 3.08. The molecule has 3 aromatic rings. The van der Waals surface area contributed by atoms with Gasteiger partial charge in [-0.3, -0.25) is 5.43 Å². The van der Waals surface area contributed by atoms with Gasteiger partial charge in [0.2, 0.25) is 0 Å². The molecule has 3 rings (SSSR count). The van der Waals surface area contributed by atoms with Crippen molar-refractivity contribution in [3.05, 3.63) is 40.9 Å². The van der Waals surface area contributed by atoms with E-state index >= 15 is 0 Å². The molecule has 0 radical (unpaired) electrons. The molecule has 0 aliphatic heterocycles. The minimum absolute atomic E-state index is 0.146. The number of phenols is 1. The number of hydrazone groups is 1. The molecule has 0 atom stereocenters. The van der Waals surface area contributed by atoms with Crippen molar-refractivity contribution in [3.63, 3.8) is 0 Å². The normalized spacial score (nSPS) is 11.2. The van der Waals surface area contributed by atoms with E-state index in [2.05, 4.69) is 46.4 Å². The topological polar surface area (TPSA) is 99.1 Å². The highest BCUT2D eigenvalue weighted by atomic mass is 79.9. The molecule has 8 heteroatoms. The van der Waals surface area contributed by atoms with Gasteiger partial charge >= 0.3 is 0 Å². The van der Waals surface area contributed by atoms with Crippen LogP contribution in [0.5, 0.6) is 5.75 Å². The molecule has 0 bridgehead atoms. The first-order chi connectivity index (χ1) is 9.74. The fourth-order valence-corrected chi connectivity index (χ4v) is 2.02. The first-order valence-electron chi connectivity index (χ1n) is 5.66. The quantitative estimate of drug-likeness (QED) is 0.504. The molecule has 7 nitrogen and oxygen atoms in total. The summed E-state index contributed by atoms with van der Waals surface area (Å²) in [7, 11) is 0. The number of anilines is 1. The Hall–Kier alpha value is -2.48. The van der Waals surface area contributed by atoms with Crippen LogP contribution < -0.4 is 5.43 Å². The molecule has 0 unspecified atom stereocenters. The maximum Gasteiger partial charge on any atom is 0.182 e. The van der Waals surface area contributed by atoms with E-state index < -0.39 is 0 Å². The van der Waals surface area contributed by atoms with Crippen molar-refractivity contribution < 1.29 is 5.11 Å². The summed E-state index contributed by atoms with van der Waals surface area (Å²) in [4.78, 5) is 15.0. The van der Waals surface area contributed by atoms with E-state index in [0.717, 1.165) is 4.47 Å². The minimum Gasteiger partial charge on any atom is -0.507 e. The molecule has 0 saturated heterocycles. The van der Waals surface area contributed by atoms with Crippen LogP contribution in [0.4, 0.5) is 5.82 Å². The van der Waals surface area contributed by atoms with Crippen molar-refractivity contribution in [2.24, 2.45) is 5.10 Å². The molecule has 0 aliphatic rings. The molecule has 0 amide bonds. The second kappa shape index (κ2) is 5.25. The smallest absolute Gasteiger partial charge is 0.182 e. The van der Waals surface area contributed by atoms with E-state index in [0.29, 0.717) is 22.5 Å². The number of hydrogen-bond acceptors (Lipinski definition) is 6. The van der Waals surface area contributed by atoms with Gasteiger partial charge in [-0.15, -0.1) is 0 Å². The summed E-state index contributed by atoms with van der Waals surface area (Å²) in [5.74, 6) is 0.659. The number of benzene rings is 1. The predicted molar refractivity (Wildman–Crippen MR) is 78.7 cm³/mol. The Balaban J connectivity index is 1.84. The monoisotopic (exact) mass is 332 g/mol. The van der Waals surface area contributed by atoms with Gasteiger partial charge in [-0.1, -0.05) is 15.9 Å². The van der Waals surface area contributed by atoms with Gasteiger partial charge in [-0.2, -0.15) is 5.10 Å². The number of nitrogens with zero attached hydrogens (tertiary/aromatic N) is 4. The Morgan fingerprint density at radius 3 is 3.10 bits per heavy atom. The van der Waals surface area contributed by atoms with E-state index in [4.69, 9.17) is 0 Å². The zero-order valence-electron chi connectivity index (χ0n) is 10.1. The van der Waals surface area contributed by atoms with Crippen LogP contribution in [0.1, 0.15) is 5.56 Å². The Morgan fingerprint density at radius 1 is 1.30 bits per heavy atom. The molecule has 3 N–H and O–H groups in total. The van der Waals surface area contributed by atoms with Crippen LogP contribution in [-0.4, -0.2) is 31.3 Å². The fourth-order valence-electron chi connectivity index (χ4n) is 1.64. The average molecular weight is 333 g/mol. The highest BCUT2D eigenvalue weighted by Crippen LogP contribution is 2.20. The Bertz CT molecular complexity index is 784. The van der Waals surface area contributed by atoms with Crippen molar-refractivity contribution in [1.29, 1.82) is 0 Å². The summed E-state index contributed by atoms with van der Waals surface area (Å²) >= 11 is 3.33. The first kappa shape index (κ1) is 12.5. The van der Waals surface area contributed by atoms with E-state index in [1.54, 1.807) is 18.2 Å². The molecule has 0 fully saturated rings. The van der Waals surface area contributed by atoms with Gasteiger partial charge in [-0.25, -0.2) is 15.0 Å². The van der Waals surface area contributed by atoms with Crippen LogP contribution in [0.25, 0.3) is 11.2 Å². The molecule has 0 aliphatic carbocycles. The Kier molecular flexibility index (Phi) is 3.30. The average Bonchev–Trinajstić information content (AvgIpc) is 2.92. The van der Waals surface area contributed by atoms with E-state index in [1.807, 2.05) is 0 Å². The van der Waals surface area contributed by atoms with Gasteiger partial charge in [0.15, 0.2) is 11.5 Å². The van der Waals surface area contributed by atoms with Crippen molar-refractivity contribution in [1.82, 2.24) is 19.9 Å². The summed E-state index contributed by atoms with van der Waals surface area (Å²) < 4.78 is 0.856. The fraction of sp³-hybridized carbons (Fsp3) is 0. The number of fused-ring (bicyclic) bond motifs is 1. The maximum absolute atomic E-state index is 9.69. The molecule has 0 spiro atoms. The van der Waals surface area contributed by atoms with Gasteiger partial charge < -0.3 is 10.1 Å². The number of imidazole rings is 1. The van der Waals surface area contributed by atoms with E-state index in [1.165, 1.54) is 18.9 Å². The van der Waals surface area contributed by atoms with Crippen molar-refractivity contribution in [2.75, 3.05) is 5.43 Å². The number of phenolic OH excluding ortho intramolecular Hbond substituents is 1. The van der Waals surface area contributed by atoms with Gasteiger partial charge in [0.25, 0.3) is 0 Å². The van der Waals surface area contributed by atoms with Crippen LogP contribution >= 0.6 is 15.9 Å². The number of rotatable bonds is 3. The zero-order chi connectivity index (χ0) is 13.9. The third-order valence-electron chi connectivity index (χ3n) is 2.59. The van der Waals surface area contributed by atoms with Crippen LogP contribution in [-0.2, 0) is 0 Å². The summed E-state index contributed by atoms with van der Waals surface area (Å²) in [6.07, 6.45) is 4.44. The van der Waals surface area contributed by atoms with Crippen LogP contribution in [0, 0.1) is 0 Å². The van der Waals surface area contributed by atoms with Crippen molar-refractivity contribution >= 4 is 39.1 Å². The standard InChI is InChI=1S/C12H9BrN6O/c13-8-1-2-9(20)7(3-8)4-18-19-12-10-11(15-5-14-10)16-6-17-12/h1-6,20H,(H2,14,15,16,17,19). The zero-order valence-corrected chi connectivity index (χ0v) is 11.7. The number of H-pyrrole nitrogens is 1. The lowest BCUT2D eigenvalue weighted by Crippen LogP contribution is -1.96. The van der Waals surface area contributed by atoms with E-state index in [-0.39, 0.29) is 5.75 Å². The lowest BCUT2D eigenvalue weighted by atomic mass is 10.2. The SMILES string of the molecule is Oc1ccc(Br)cc1C=NNc1ncnc2nc[nH]c12. The number of aromatic amines is 1. The highest BCUT2D eigenvalue weighted by Gasteiger charge is 2.04.